The minimum atomic E-state index is -4.33. The summed E-state index contributed by atoms with van der Waals surface area (Å²) in [6, 6.07) is 5.78. The highest BCUT2D eigenvalue weighted by molar-refractivity contribution is 7.05. The van der Waals surface area contributed by atoms with Crippen molar-refractivity contribution in [2.24, 2.45) is 0 Å². The van der Waals surface area contributed by atoms with Crippen molar-refractivity contribution in [3.63, 3.8) is 0 Å². The van der Waals surface area contributed by atoms with E-state index in [1.54, 1.807) is 19.1 Å². The molecule has 1 atom stereocenters. The smallest absolute Gasteiger partial charge is 0.373 e. The Morgan fingerprint density at radius 1 is 1.25 bits per heavy atom. The molecular weight excluding hydrogens is 339 g/mol. The number of aryl methyl sites for hydroxylation is 1. The lowest BCUT2D eigenvalue weighted by Gasteiger charge is -2.35. The molecule has 0 radical (unpaired) electrons. The van der Waals surface area contributed by atoms with E-state index in [1.807, 2.05) is 4.90 Å². The van der Waals surface area contributed by atoms with Crippen LogP contribution in [0.1, 0.15) is 46.7 Å². The lowest BCUT2D eigenvalue weighted by molar-refractivity contribution is -0.138. The molecule has 0 saturated carbocycles. The van der Waals surface area contributed by atoms with Gasteiger partial charge in [-0.15, -0.1) is 5.10 Å². The second kappa shape index (κ2) is 6.78. The van der Waals surface area contributed by atoms with E-state index in [4.69, 9.17) is 0 Å². The van der Waals surface area contributed by atoms with Crippen molar-refractivity contribution in [2.45, 2.75) is 38.1 Å². The Bertz CT molecular complexity index is 696. The van der Waals surface area contributed by atoms with Crippen LogP contribution in [-0.2, 0) is 6.18 Å². The molecule has 4 nitrogen and oxygen atoms in total. The van der Waals surface area contributed by atoms with E-state index >= 15 is 0 Å². The zero-order valence-electron chi connectivity index (χ0n) is 13.1. The summed E-state index contributed by atoms with van der Waals surface area (Å²) in [6.45, 7) is 2.86. The maximum absolute atomic E-state index is 13.2. The Balaban J connectivity index is 1.71. The molecule has 1 fully saturated rings. The van der Waals surface area contributed by atoms with Crippen molar-refractivity contribution in [1.29, 1.82) is 0 Å². The maximum atomic E-state index is 13.2. The van der Waals surface area contributed by atoms with Crippen LogP contribution in [0.5, 0.6) is 0 Å². The number of aliphatic hydroxyl groups is 1. The first-order valence-corrected chi connectivity index (χ1v) is 8.52. The number of aliphatic hydroxyl groups excluding tert-OH is 1. The molecule has 1 aliphatic heterocycles. The number of piperidine rings is 1. The van der Waals surface area contributed by atoms with E-state index in [0.717, 1.165) is 17.6 Å². The quantitative estimate of drug-likeness (QED) is 0.909. The number of nitrogens with zero attached hydrogens (tertiary/aromatic N) is 3. The van der Waals surface area contributed by atoms with Gasteiger partial charge in [0.2, 0.25) is 0 Å². The second-order valence-corrected chi connectivity index (χ2v) is 6.78. The summed E-state index contributed by atoms with van der Waals surface area (Å²) in [7, 11) is 0. The normalized spacial score (nSPS) is 18.7. The highest BCUT2D eigenvalue weighted by atomic mass is 32.1. The number of hydrogen-bond donors (Lipinski definition) is 1. The van der Waals surface area contributed by atoms with E-state index < -0.39 is 18.0 Å². The summed E-state index contributed by atoms with van der Waals surface area (Å²) in [5.74, 6) is -0.146. The predicted molar refractivity (Wildman–Crippen MR) is 84.6 cm³/mol. The standard InChI is InChI=1S/C16H18F3N3OS/c1-10-14(24-21-20-10)15(23)22-8-6-11(7-9-22)12-4-2-3-5-13(12)16(17,18)19/h2-5,11,15,23H,6-9H2,1H3. The van der Waals surface area contributed by atoms with Crippen LogP contribution in [0, 0.1) is 6.92 Å². The van der Waals surface area contributed by atoms with Gasteiger partial charge in [-0.3, -0.25) is 4.90 Å². The van der Waals surface area contributed by atoms with E-state index in [2.05, 4.69) is 9.59 Å². The van der Waals surface area contributed by atoms with Gasteiger partial charge < -0.3 is 5.11 Å². The van der Waals surface area contributed by atoms with Crippen LogP contribution in [0.3, 0.4) is 0 Å². The van der Waals surface area contributed by atoms with Crippen LogP contribution >= 0.6 is 11.5 Å². The molecule has 130 valence electrons. The maximum Gasteiger partial charge on any atom is 0.416 e. The summed E-state index contributed by atoms with van der Waals surface area (Å²) < 4.78 is 43.3. The van der Waals surface area contributed by atoms with Gasteiger partial charge in [0.05, 0.1) is 16.1 Å². The molecule has 0 aliphatic carbocycles. The van der Waals surface area contributed by atoms with Crippen molar-refractivity contribution in [3.05, 3.63) is 46.0 Å². The Kier molecular flexibility index (Phi) is 4.89. The number of rotatable bonds is 3. The van der Waals surface area contributed by atoms with Crippen molar-refractivity contribution < 1.29 is 18.3 Å². The minimum Gasteiger partial charge on any atom is -0.373 e. The van der Waals surface area contributed by atoms with Crippen LogP contribution in [0.2, 0.25) is 0 Å². The van der Waals surface area contributed by atoms with Gasteiger partial charge in [-0.25, -0.2) is 0 Å². The zero-order chi connectivity index (χ0) is 17.3. The minimum absolute atomic E-state index is 0.146. The molecule has 1 N–H and O–H groups in total. The van der Waals surface area contributed by atoms with Gasteiger partial charge in [0, 0.05) is 13.1 Å². The SMILES string of the molecule is Cc1nnsc1C(O)N1CCC(c2ccccc2C(F)(F)F)CC1. The summed E-state index contributed by atoms with van der Waals surface area (Å²) in [5.41, 5.74) is 0.498. The van der Waals surface area contributed by atoms with Crippen molar-refractivity contribution >= 4 is 11.5 Å². The summed E-state index contributed by atoms with van der Waals surface area (Å²) in [6.07, 6.45) is -3.97. The number of halogens is 3. The van der Waals surface area contributed by atoms with Gasteiger partial charge >= 0.3 is 6.18 Å². The van der Waals surface area contributed by atoms with Crippen LogP contribution in [-0.4, -0.2) is 32.7 Å². The van der Waals surface area contributed by atoms with Crippen molar-refractivity contribution in [1.82, 2.24) is 14.5 Å². The monoisotopic (exact) mass is 357 g/mol. The first-order valence-electron chi connectivity index (χ1n) is 7.75. The molecule has 1 aliphatic rings. The Morgan fingerprint density at radius 3 is 2.50 bits per heavy atom. The van der Waals surface area contributed by atoms with Crippen LogP contribution < -0.4 is 0 Å². The van der Waals surface area contributed by atoms with E-state index in [9.17, 15) is 18.3 Å². The molecule has 0 bridgehead atoms. The molecule has 2 heterocycles. The Labute approximate surface area is 142 Å². The van der Waals surface area contributed by atoms with Crippen LogP contribution in [0.4, 0.5) is 13.2 Å². The molecular formula is C16H18F3N3OS. The number of likely N-dealkylation sites (tertiary alicyclic amines) is 1. The van der Waals surface area contributed by atoms with Gasteiger partial charge in [-0.05, 0) is 48.8 Å². The number of alkyl halides is 3. The van der Waals surface area contributed by atoms with Gasteiger partial charge in [-0.1, -0.05) is 22.7 Å². The Hall–Kier alpha value is -1.51. The highest BCUT2D eigenvalue weighted by Gasteiger charge is 2.36. The van der Waals surface area contributed by atoms with E-state index in [-0.39, 0.29) is 5.92 Å². The van der Waals surface area contributed by atoms with Gasteiger partial charge in [0.15, 0.2) is 0 Å². The molecule has 8 heteroatoms. The number of benzene rings is 1. The fourth-order valence-corrected chi connectivity index (χ4v) is 3.87. The van der Waals surface area contributed by atoms with Crippen molar-refractivity contribution in [2.75, 3.05) is 13.1 Å². The molecule has 24 heavy (non-hydrogen) atoms. The fourth-order valence-electron chi connectivity index (χ4n) is 3.21. The molecule has 1 unspecified atom stereocenters. The number of hydrogen-bond acceptors (Lipinski definition) is 5. The van der Waals surface area contributed by atoms with Gasteiger partial charge in [0.25, 0.3) is 0 Å². The van der Waals surface area contributed by atoms with E-state index in [0.29, 0.717) is 42.1 Å². The molecule has 3 rings (SSSR count). The number of aromatic nitrogens is 2. The second-order valence-electron chi connectivity index (χ2n) is 5.99. The lowest BCUT2D eigenvalue weighted by Crippen LogP contribution is -2.36. The molecule has 1 aromatic heterocycles. The fraction of sp³-hybridized carbons (Fsp3) is 0.500. The average molecular weight is 357 g/mol. The highest BCUT2D eigenvalue weighted by Crippen LogP contribution is 2.39. The third-order valence-corrected chi connectivity index (χ3v) is 5.37. The van der Waals surface area contributed by atoms with Crippen LogP contribution in [0.15, 0.2) is 24.3 Å². The average Bonchev–Trinajstić information content (AvgIpc) is 2.99. The molecule has 1 saturated heterocycles. The summed E-state index contributed by atoms with van der Waals surface area (Å²) in [4.78, 5) is 2.57. The Morgan fingerprint density at radius 2 is 1.92 bits per heavy atom. The largest absolute Gasteiger partial charge is 0.416 e. The third-order valence-electron chi connectivity index (χ3n) is 4.50. The van der Waals surface area contributed by atoms with Gasteiger partial charge in [-0.2, -0.15) is 13.2 Å². The first kappa shape index (κ1) is 17.3. The summed E-state index contributed by atoms with van der Waals surface area (Å²) in [5, 5.41) is 14.3. The molecule has 0 spiro atoms. The third kappa shape index (κ3) is 3.45. The summed E-state index contributed by atoms with van der Waals surface area (Å²) >= 11 is 1.15. The predicted octanol–water partition coefficient (Wildman–Crippen LogP) is 3.74. The molecule has 2 aromatic rings. The van der Waals surface area contributed by atoms with E-state index in [1.165, 1.54) is 6.07 Å². The topological polar surface area (TPSA) is 49.3 Å². The first-order chi connectivity index (χ1) is 11.4. The van der Waals surface area contributed by atoms with Crippen LogP contribution in [0.25, 0.3) is 0 Å². The molecule has 1 aromatic carbocycles. The van der Waals surface area contributed by atoms with Crippen molar-refractivity contribution in [3.8, 4) is 0 Å². The lowest BCUT2D eigenvalue weighted by atomic mass is 9.86. The van der Waals surface area contributed by atoms with Gasteiger partial charge in [0.1, 0.15) is 6.23 Å². The molecule has 0 amide bonds. The zero-order valence-corrected chi connectivity index (χ0v) is 13.9.